The van der Waals surface area contributed by atoms with Gasteiger partial charge in [-0.25, -0.2) is 14.3 Å². The molecule has 5 rings (SSSR count). The van der Waals surface area contributed by atoms with Crippen LogP contribution in [-0.4, -0.2) is 43.7 Å². The molecule has 1 aliphatic rings. The number of anilines is 2. The van der Waals surface area contributed by atoms with Gasteiger partial charge in [0.2, 0.25) is 5.95 Å². The lowest BCUT2D eigenvalue weighted by Gasteiger charge is -2.21. The number of halogens is 4. The fraction of sp³-hybridized carbons (Fsp3) is 0.360. The van der Waals surface area contributed by atoms with Gasteiger partial charge in [-0.05, 0) is 48.4 Å². The number of hydrogen-bond acceptors (Lipinski definition) is 6. The lowest BCUT2D eigenvalue weighted by molar-refractivity contribution is -0.144. The van der Waals surface area contributed by atoms with Gasteiger partial charge in [-0.3, -0.25) is 14.2 Å². The highest BCUT2D eigenvalue weighted by Gasteiger charge is 2.32. The number of nitrogens with zero attached hydrogens (tertiary/aromatic N) is 5. The van der Waals surface area contributed by atoms with Crippen molar-refractivity contribution in [2.24, 2.45) is 0 Å². The topological polar surface area (TPSA) is 89.7 Å². The summed E-state index contributed by atoms with van der Waals surface area (Å²) in [7, 11) is 0. The smallest absolute Gasteiger partial charge is 0.324 e. The standard InChI is InChI=1S/C25H25F4N7O/c1-24(2,13-26)20-10-18(6-8-31-20)36-21-19(22(37)35(36)14-25(27,28)29)12-32-23(34-21)33-17-4-3-16-11-30-7-5-15(16)9-17/h3-4,6,8-10,12,30H,5,7,11,13-14H2,1-2H3,(H,32,33,34). The molecule has 0 radical (unpaired) electrons. The predicted molar refractivity (Wildman–Crippen MR) is 131 cm³/mol. The summed E-state index contributed by atoms with van der Waals surface area (Å²) in [6.07, 6.45) is -1.22. The molecule has 0 fully saturated rings. The molecule has 0 aliphatic carbocycles. The molecule has 0 unspecified atom stereocenters. The lowest BCUT2D eigenvalue weighted by Crippen LogP contribution is -2.30. The minimum absolute atomic E-state index is 0.0101. The summed E-state index contributed by atoms with van der Waals surface area (Å²) < 4.78 is 55.7. The highest BCUT2D eigenvalue weighted by molar-refractivity contribution is 5.77. The molecule has 0 bridgehead atoms. The Bertz CT molecular complexity index is 1520. The van der Waals surface area contributed by atoms with Crippen molar-refractivity contribution in [3.05, 3.63) is 69.9 Å². The second kappa shape index (κ2) is 9.25. The molecule has 3 aromatic heterocycles. The monoisotopic (exact) mass is 515 g/mol. The zero-order valence-electron chi connectivity index (χ0n) is 20.2. The molecule has 4 aromatic rings. The third kappa shape index (κ3) is 4.93. The van der Waals surface area contributed by atoms with E-state index in [0.29, 0.717) is 10.4 Å². The van der Waals surface area contributed by atoms with Crippen LogP contribution in [0.4, 0.5) is 29.2 Å². The molecule has 194 valence electrons. The van der Waals surface area contributed by atoms with E-state index < -0.39 is 30.4 Å². The number of fused-ring (bicyclic) bond motifs is 2. The predicted octanol–water partition coefficient (Wildman–Crippen LogP) is 4.18. The fourth-order valence-corrected chi connectivity index (χ4v) is 4.34. The van der Waals surface area contributed by atoms with E-state index in [-0.39, 0.29) is 22.7 Å². The Labute approximate surface area is 209 Å². The second-order valence-electron chi connectivity index (χ2n) is 9.67. The number of pyridine rings is 1. The Hall–Kier alpha value is -3.80. The van der Waals surface area contributed by atoms with Gasteiger partial charge in [0, 0.05) is 30.0 Å². The molecule has 8 nitrogen and oxygen atoms in total. The summed E-state index contributed by atoms with van der Waals surface area (Å²) in [6, 6.07) is 8.77. The Balaban J connectivity index is 1.64. The number of benzene rings is 1. The van der Waals surface area contributed by atoms with Gasteiger partial charge < -0.3 is 10.6 Å². The Morgan fingerprint density at radius 1 is 1.11 bits per heavy atom. The van der Waals surface area contributed by atoms with Gasteiger partial charge in [0.05, 0.1) is 11.4 Å². The maximum absolute atomic E-state index is 13.6. The number of nitrogens with one attached hydrogen (secondary N) is 2. The summed E-state index contributed by atoms with van der Waals surface area (Å²) in [4.78, 5) is 25.8. The van der Waals surface area contributed by atoms with E-state index in [4.69, 9.17) is 0 Å². The number of rotatable bonds is 6. The fourth-order valence-electron chi connectivity index (χ4n) is 4.34. The largest absolute Gasteiger partial charge is 0.408 e. The molecule has 1 aliphatic heterocycles. The van der Waals surface area contributed by atoms with Crippen LogP contribution in [0, 0.1) is 0 Å². The van der Waals surface area contributed by atoms with E-state index in [0.717, 1.165) is 29.9 Å². The van der Waals surface area contributed by atoms with E-state index in [1.165, 1.54) is 35.7 Å². The van der Waals surface area contributed by atoms with Crippen LogP contribution in [0.25, 0.3) is 16.7 Å². The van der Waals surface area contributed by atoms with Crippen LogP contribution in [0.3, 0.4) is 0 Å². The lowest BCUT2D eigenvalue weighted by atomic mass is 9.90. The van der Waals surface area contributed by atoms with E-state index in [1.54, 1.807) is 13.8 Å². The first-order valence-corrected chi connectivity index (χ1v) is 11.7. The van der Waals surface area contributed by atoms with E-state index in [2.05, 4.69) is 25.6 Å². The molecule has 4 heterocycles. The third-order valence-electron chi connectivity index (χ3n) is 6.37. The Kier molecular flexibility index (Phi) is 6.22. The Morgan fingerprint density at radius 2 is 1.92 bits per heavy atom. The number of hydrogen-bond donors (Lipinski definition) is 2. The zero-order valence-corrected chi connectivity index (χ0v) is 20.2. The van der Waals surface area contributed by atoms with Crippen molar-refractivity contribution < 1.29 is 17.6 Å². The van der Waals surface area contributed by atoms with Crippen LogP contribution in [0.15, 0.2) is 47.5 Å². The van der Waals surface area contributed by atoms with Crippen molar-refractivity contribution in [2.45, 2.75) is 44.9 Å². The average molecular weight is 516 g/mol. The van der Waals surface area contributed by atoms with Gasteiger partial charge in [0.25, 0.3) is 5.56 Å². The molecule has 0 saturated carbocycles. The molecular formula is C25H25F4N7O. The molecule has 12 heteroatoms. The quantitative estimate of drug-likeness (QED) is 0.375. The van der Waals surface area contributed by atoms with Crippen LogP contribution < -0.4 is 16.2 Å². The first-order chi connectivity index (χ1) is 17.6. The van der Waals surface area contributed by atoms with Gasteiger partial charge >= 0.3 is 6.18 Å². The van der Waals surface area contributed by atoms with E-state index >= 15 is 0 Å². The summed E-state index contributed by atoms with van der Waals surface area (Å²) in [5, 5.41) is 6.33. The van der Waals surface area contributed by atoms with Gasteiger partial charge in [-0.15, -0.1) is 0 Å². The molecule has 0 atom stereocenters. The normalized spacial score (nSPS) is 14.1. The van der Waals surface area contributed by atoms with Gasteiger partial charge in [0.1, 0.15) is 18.6 Å². The number of alkyl halides is 4. The zero-order chi connectivity index (χ0) is 26.4. The molecule has 1 aromatic carbocycles. The third-order valence-corrected chi connectivity index (χ3v) is 6.37. The summed E-state index contributed by atoms with van der Waals surface area (Å²) in [5.74, 6) is 0.123. The average Bonchev–Trinajstić information content (AvgIpc) is 3.13. The van der Waals surface area contributed by atoms with Crippen LogP contribution >= 0.6 is 0 Å². The molecule has 0 spiro atoms. The van der Waals surface area contributed by atoms with E-state index in [1.807, 2.05) is 18.2 Å². The van der Waals surface area contributed by atoms with Crippen LogP contribution in [0.5, 0.6) is 0 Å². The molecular weight excluding hydrogens is 490 g/mol. The minimum Gasteiger partial charge on any atom is -0.324 e. The van der Waals surface area contributed by atoms with Crippen LogP contribution in [0.2, 0.25) is 0 Å². The Morgan fingerprint density at radius 3 is 2.68 bits per heavy atom. The molecule has 0 saturated heterocycles. The first kappa shape index (κ1) is 24.9. The van der Waals surface area contributed by atoms with Crippen molar-refractivity contribution in [3.63, 3.8) is 0 Å². The molecule has 2 N–H and O–H groups in total. The second-order valence-corrected chi connectivity index (χ2v) is 9.67. The summed E-state index contributed by atoms with van der Waals surface area (Å²) in [6.45, 7) is 2.66. The highest BCUT2D eigenvalue weighted by atomic mass is 19.4. The van der Waals surface area contributed by atoms with Crippen LogP contribution in [0.1, 0.15) is 30.7 Å². The minimum atomic E-state index is -4.67. The van der Waals surface area contributed by atoms with E-state index in [9.17, 15) is 22.4 Å². The van der Waals surface area contributed by atoms with Crippen molar-refractivity contribution in [1.82, 2.24) is 29.6 Å². The summed E-state index contributed by atoms with van der Waals surface area (Å²) >= 11 is 0. The SMILES string of the molecule is CC(C)(CF)c1cc(-n2c3nc(Nc4ccc5c(c4)CCNC5)ncc3c(=O)n2CC(F)(F)F)ccn1. The van der Waals surface area contributed by atoms with Crippen molar-refractivity contribution in [1.29, 1.82) is 0 Å². The number of aromatic nitrogens is 5. The van der Waals surface area contributed by atoms with Crippen molar-refractivity contribution in [2.75, 3.05) is 18.5 Å². The van der Waals surface area contributed by atoms with Crippen molar-refractivity contribution >= 4 is 22.7 Å². The summed E-state index contributed by atoms with van der Waals surface area (Å²) in [5.41, 5.74) is 1.75. The molecule has 37 heavy (non-hydrogen) atoms. The first-order valence-electron chi connectivity index (χ1n) is 11.7. The maximum Gasteiger partial charge on any atom is 0.408 e. The molecule has 0 amide bonds. The van der Waals surface area contributed by atoms with Gasteiger partial charge in [0.15, 0.2) is 5.65 Å². The highest BCUT2D eigenvalue weighted by Crippen LogP contribution is 2.27. The van der Waals surface area contributed by atoms with Crippen LogP contribution in [-0.2, 0) is 24.9 Å². The van der Waals surface area contributed by atoms with Crippen molar-refractivity contribution in [3.8, 4) is 5.69 Å². The maximum atomic E-state index is 13.6. The van der Waals surface area contributed by atoms with Gasteiger partial charge in [-0.1, -0.05) is 19.9 Å². The van der Waals surface area contributed by atoms with Gasteiger partial charge in [-0.2, -0.15) is 18.2 Å².